The van der Waals surface area contributed by atoms with Gasteiger partial charge in [0.2, 0.25) is 11.8 Å². The number of ether oxygens (including phenoxy) is 2. The van der Waals surface area contributed by atoms with Crippen LogP contribution in [0.5, 0.6) is 11.5 Å². The first-order chi connectivity index (χ1) is 13.9. The Bertz CT molecular complexity index is 844. The van der Waals surface area contributed by atoms with Gasteiger partial charge in [-0.05, 0) is 49.1 Å². The van der Waals surface area contributed by atoms with Crippen molar-refractivity contribution in [3.8, 4) is 11.5 Å². The number of nitrogens with one attached hydrogen (secondary N) is 1. The fourth-order valence-corrected chi connectivity index (χ4v) is 3.35. The maximum absolute atomic E-state index is 12.2. The van der Waals surface area contributed by atoms with Crippen LogP contribution in [-0.2, 0) is 16.0 Å². The highest BCUT2D eigenvalue weighted by molar-refractivity contribution is 5.93. The van der Waals surface area contributed by atoms with Crippen LogP contribution in [0.25, 0.3) is 0 Å². The molecule has 0 aliphatic heterocycles. The molecular formula is C23H30N2O4. The molecule has 0 aliphatic carbocycles. The number of methoxy groups -OCH3 is 2. The number of benzene rings is 2. The topological polar surface area (TPSA) is 67.9 Å². The molecule has 0 saturated heterocycles. The molecule has 0 saturated carbocycles. The zero-order valence-corrected chi connectivity index (χ0v) is 17.9. The van der Waals surface area contributed by atoms with Gasteiger partial charge in [-0.3, -0.25) is 9.59 Å². The Morgan fingerprint density at radius 1 is 1.00 bits per heavy atom. The Kier molecular flexibility index (Phi) is 8.07. The largest absolute Gasteiger partial charge is 0.493 e. The van der Waals surface area contributed by atoms with E-state index in [0.717, 1.165) is 22.4 Å². The first-order valence-electron chi connectivity index (χ1n) is 9.69. The molecule has 0 unspecified atom stereocenters. The Hall–Kier alpha value is -3.02. The minimum atomic E-state index is -0.0511. The SMILES string of the molecule is COc1ccc(CCC(=O)NCCN(C(C)=O)c2c(C)cccc2C)cc1OC. The number of nitrogens with zero attached hydrogens (tertiary/aromatic N) is 1. The summed E-state index contributed by atoms with van der Waals surface area (Å²) in [6, 6.07) is 11.6. The summed E-state index contributed by atoms with van der Waals surface area (Å²) in [6.07, 6.45) is 0.957. The van der Waals surface area contributed by atoms with E-state index in [4.69, 9.17) is 9.47 Å². The molecule has 0 spiro atoms. The summed E-state index contributed by atoms with van der Waals surface area (Å²) in [7, 11) is 3.18. The fraction of sp³-hybridized carbons (Fsp3) is 0.391. The zero-order valence-electron chi connectivity index (χ0n) is 17.9. The standard InChI is InChI=1S/C23H30N2O4/c1-16-7-6-8-17(2)23(16)25(18(3)26)14-13-24-22(27)12-10-19-9-11-20(28-4)21(15-19)29-5/h6-9,11,15H,10,12-14H2,1-5H3,(H,24,27). The van der Waals surface area contributed by atoms with E-state index in [-0.39, 0.29) is 11.8 Å². The Balaban J connectivity index is 1.89. The molecule has 0 heterocycles. The second-order valence-electron chi connectivity index (χ2n) is 6.95. The van der Waals surface area contributed by atoms with Gasteiger partial charge in [0, 0.05) is 32.1 Å². The number of anilines is 1. The van der Waals surface area contributed by atoms with Crippen LogP contribution < -0.4 is 19.7 Å². The van der Waals surface area contributed by atoms with Crippen LogP contribution in [0.2, 0.25) is 0 Å². The van der Waals surface area contributed by atoms with Crippen LogP contribution >= 0.6 is 0 Å². The maximum atomic E-state index is 12.2. The van der Waals surface area contributed by atoms with Crippen LogP contribution in [0.15, 0.2) is 36.4 Å². The predicted molar refractivity (Wildman–Crippen MR) is 115 cm³/mol. The van der Waals surface area contributed by atoms with Crippen molar-refractivity contribution < 1.29 is 19.1 Å². The van der Waals surface area contributed by atoms with Gasteiger partial charge in [0.25, 0.3) is 0 Å². The quantitative estimate of drug-likeness (QED) is 0.703. The first kappa shape index (κ1) is 22.3. The highest BCUT2D eigenvalue weighted by atomic mass is 16.5. The molecule has 2 aromatic carbocycles. The van der Waals surface area contributed by atoms with E-state index >= 15 is 0 Å². The van der Waals surface area contributed by atoms with E-state index in [0.29, 0.717) is 37.4 Å². The smallest absolute Gasteiger partial charge is 0.223 e. The molecule has 156 valence electrons. The number of rotatable bonds is 9. The van der Waals surface area contributed by atoms with E-state index in [1.165, 1.54) is 0 Å². The summed E-state index contributed by atoms with van der Waals surface area (Å²) in [5, 5.41) is 2.91. The second-order valence-corrected chi connectivity index (χ2v) is 6.95. The van der Waals surface area contributed by atoms with E-state index in [9.17, 15) is 9.59 Å². The highest BCUT2D eigenvalue weighted by Gasteiger charge is 2.16. The van der Waals surface area contributed by atoms with Crippen molar-refractivity contribution in [3.63, 3.8) is 0 Å². The van der Waals surface area contributed by atoms with Crippen LogP contribution in [0.4, 0.5) is 5.69 Å². The number of carbonyl (C=O) groups excluding carboxylic acids is 2. The molecule has 2 aromatic rings. The van der Waals surface area contributed by atoms with Gasteiger partial charge in [-0.2, -0.15) is 0 Å². The van der Waals surface area contributed by atoms with Gasteiger partial charge in [0.05, 0.1) is 14.2 Å². The maximum Gasteiger partial charge on any atom is 0.223 e. The average molecular weight is 399 g/mol. The molecule has 0 aromatic heterocycles. The molecule has 6 heteroatoms. The number of carbonyl (C=O) groups is 2. The lowest BCUT2D eigenvalue weighted by atomic mass is 10.1. The number of hydrogen-bond donors (Lipinski definition) is 1. The lowest BCUT2D eigenvalue weighted by Crippen LogP contribution is -2.38. The molecule has 1 N–H and O–H groups in total. The highest BCUT2D eigenvalue weighted by Crippen LogP contribution is 2.28. The van der Waals surface area contributed by atoms with Gasteiger partial charge in [0.1, 0.15) is 0 Å². The minimum Gasteiger partial charge on any atom is -0.493 e. The molecular weight excluding hydrogens is 368 g/mol. The summed E-state index contributed by atoms with van der Waals surface area (Å²) < 4.78 is 10.5. The summed E-state index contributed by atoms with van der Waals surface area (Å²) in [4.78, 5) is 26.1. The molecule has 0 atom stereocenters. The normalized spacial score (nSPS) is 10.4. The molecule has 0 fully saturated rings. The minimum absolute atomic E-state index is 0.0398. The molecule has 2 rings (SSSR count). The van der Waals surface area contributed by atoms with Crippen molar-refractivity contribution in [1.29, 1.82) is 0 Å². The Morgan fingerprint density at radius 2 is 1.66 bits per heavy atom. The van der Waals surface area contributed by atoms with Crippen LogP contribution in [-0.4, -0.2) is 39.1 Å². The van der Waals surface area contributed by atoms with Crippen LogP contribution in [0.1, 0.15) is 30.0 Å². The van der Waals surface area contributed by atoms with Gasteiger partial charge in [-0.25, -0.2) is 0 Å². The van der Waals surface area contributed by atoms with Crippen molar-refractivity contribution in [2.24, 2.45) is 0 Å². The Labute approximate surface area is 172 Å². The predicted octanol–water partition coefficient (Wildman–Crippen LogP) is 3.42. The lowest BCUT2D eigenvalue weighted by Gasteiger charge is -2.25. The summed E-state index contributed by atoms with van der Waals surface area (Å²) in [5.41, 5.74) is 4.00. The van der Waals surface area contributed by atoms with Crippen molar-refractivity contribution >= 4 is 17.5 Å². The van der Waals surface area contributed by atoms with E-state index < -0.39 is 0 Å². The van der Waals surface area contributed by atoms with Gasteiger partial charge >= 0.3 is 0 Å². The summed E-state index contributed by atoms with van der Waals surface area (Å²) in [5.74, 6) is 1.22. The van der Waals surface area contributed by atoms with E-state index in [2.05, 4.69) is 5.32 Å². The second kappa shape index (κ2) is 10.5. The van der Waals surface area contributed by atoms with E-state index in [1.807, 2.05) is 50.2 Å². The number of hydrogen-bond acceptors (Lipinski definition) is 4. The molecule has 0 radical (unpaired) electrons. The summed E-state index contributed by atoms with van der Waals surface area (Å²) in [6.45, 7) is 6.35. The lowest BCUT2D eigenvalue weighted by molar-refractivity contribution is -0.121. The van der Waals surface area contributed by atoms with Gasteiger partial charge < -0.3 is 19.7 Å². The Morgan fingerprint density at radius 3 is 2.24 bits per heavy atom. The fourth-order valence-electron chi connectivity index (χ4n) is 3.35. The average Bonchev–Trinajstić information content (AvgIpc) is 2.70. The first-order valence-corrected chi connectivity index (χ1v) is 9.69. The molecule has 2 amide bonds. The van der Waals surface area contributed by atoms with Gasteiger partial charge in [0.15, 0.2) is 11.5 Å². The third-order valence-corrected chi connectivity index (χ3v) is 4.84. The number of para-hydroxylation sites is 1. The third-order valence-electron chi connectivity index (χ3n) is 4.84. The van der Waals surface area contributed by atoms with Crippen molar-refractivity contribution in [1.82, 2.24) is 5.32 Å². The van der Waals surface area contributed by atoms with Crippen molar-refractivity contribution in [2.45, 2.75) is 33.6 Å². The van der Waals surface area contributed by atoms with Gasteiger partial charge in [-0.1, -0.05) is 24.3 Å². The van der Waals surface area contributed by atoms with Crippen LogP contribution in [0.3, 0.4) is 0 Å². The van der Waals surface area contributed by atoms with Crippen molar-refractivity contribution in [3.05, 3.63) is 53.1 Å². The molecule has 6 nitrogen and oxygen atoms in total. The van der Waals surface area contributed by atoms with Gasteiger partial charge in [-0.15, -0.1) is 0 Å². The third kappa shape index (κ3) is 5.98. The number of amides is 2. The molecule has 0 bridgehead atoms. The monoisotopic (exact) mass is 398 g/mol. The van der Waals surface area contributed by atoms with Crippen LogP contribution in [0, 0.1) is 13.8 Å². The number of aryl methyl sites for hydroxylation is 3. The zero-order chi connectivity index (χ0) is 21.4. The van der Waals surface area contributed by atoms with E-state index in [1.54, 1.807) is 26.0 Å². The molecule has 29 heavy (non-hydrogen) atoms. The van der Waals surface area contributed by atoms with Crippen molar-refractivity contribution in [2.75, 3.05) is 32.2 Å². The molecule has 0 aliphatic rings. The summed E-state index contributed by atoms with van der Waals surface area (Å²) >= 11 is 0.